The first-order valence-electron chi connectivity index (χ1n) is 14.9. The zero-order valence-corrected chi connectivity index (χ0v) is 27.1. The number of halogens is 2. The molecule has 1 unspecified atom stereocenters. The molecule has 0 radical (unpaired) electrons. The molecule has 3 aromatic rings. The van der Waals surface area contributed by atoms with E-state index in [0.717, 1.165) is 50.9 Å². The van der Waals surface area contributed by atoms with Gasteiger partial charge in [-0.25, -0.2) is 5.90 Å². The van der Waals surface area contributed by atoms with Gasteiger partial charge in [-0.15, -0.1) is 0 Å². The maximum absolute atomic E-state index is 13.9. The van der Waals surface area contributed by atoms with E-state index in [4.69, 9.17) is 48.1 Å². The molecule has 10 heteroatoms. The summed E-state index contributed by atoms with van der Waals surface area (Å²) in [5, 5.41) is 1.04. The molecule has 0 aliphatic carbocycles. The first-order chi connectivity index (χ1) is 21.3. The van der Waals surface area contributed by atoms with Crippen molar-refractivity contribution < 1.29 is 23.8 Å². The summed E-state index contributed by atoms with van der Waals surface area (Å²) in [5.41, 5.74) is 2.48. The minimum atomic E-state index is -0.279. The molecule has 5 rings (SSSR count). The lowest BCUT2D eigenvalue weighted by Crippen LogP contribution is -2.47. The lowest BCUT2D eigenvalue weighted by molar-refractivity contribution is 0.0428. The molecule has 0 aromatic heterocycles. The molecule has 0 bridgehead atoms. The maximum atomic E-state index is 13.9. The van der Waals surface area contributed by atoms with E-state index in [1.165, 1.54) is 5.56 Å². The van der Waals surface area contributed by atoms with E-state index < -0.39 is 0 Å². The van der Waals surface area contributed by atoms with Crippen LogP contribution in [0.3, 0.4) is 0 Å². The molecule has 2 aliphatic heterocycles. The van der Waals surface area contributed by atoms with Crippen LogP contribution in [-0.4, -0.2) is 76.4 Å². The quantitative estimate of drug-likeness (QED) is 0.253. The third-order valence-corrected chi connectivity index (χ3v) is 10.3. The highest BCUT2D eigenvalue weighted by Gasteiger charge is 2.43. The van der Waals surface area contributed by atoms with Crippen LogP contribution in [-0.2, 0) is 15.7 Å². The van der Waals surface area contributed by atoms with Gasteiger partial charge in [0.2, 0.25) is 5.75 Å². The Hall–Kier alpha value is -3.01. The maximum Gasteiger partial charge on any atom is 0.254 e. The molecular weight excluding hydrogens is 601 g/mol. The lowest BCUT2D eigenvalue weighted by Gasteiger charge is -2.42. The fraction of sp³-hybridized carbons (Fsp3) is 0.441. The second-order valence-electron chi connectivity index (χ2n) is 11.8. The minimum absolute atomic E-state index is 0.0846. The Balaban J connectivity index is 1.35. The SMILES string of the molecule is COc1cc(C(=O)N2CCC(CCN3CCC(CON)(c4ccccc4)CC3)(c3ccc(Cl)c(Cl)c3)C2)cc(OC)c1OC. The number of ether oxygens (including phenoxy) is 3. The van der Waals surface area contributed by atoms with Crippen molar-refractivity contribution in [1.29, 1.82) is 0 Å². The predicted molar refractivity (Wildman–Crippen MR) is 173 cm³/mol. The number of hydrogen-bond acceptors (Lipinski definition) is 7. The van der Waals surface area contributed by atoms with Crippen molar-refractivity contribution in [2.45, 2.75) is 36.5 Å². The molecular formula is C34H41Cl2N3O5. The summed E-state index contributed by atoms with van der Waals surface area (Å²) in [5.74, 6) is 6.86. The van der Waals surface area contributed by atoms with E-state index in [2.05, 4.69) is 35.2 Å². The van der Waals surface area contributed by atoms with Gasteiger partial charge in [-0.05, 0) is 80.7 Å². The average Bonchev–Trinajstić information content (AvgIpc) is 3.50. The normalized spacial score (nSPS) is 20.0. The molecule has 2 N–H and O–H groups in total. The van der Waals surface area contributed by atoms with Crippen molar-refractivity contribution in [3.8, 4) is 17.2 Å². The molecule has 1 amide bonds. The molecule has 0 spiro atoms. The van der Waals surface area contributed by atoms with E-state index in [1.807, 2.05) is 23.1 Å². The third-order valence-electron chi connectivity index (χ3n) is 9.55. The Kier molecular flexibility index (Phi) is 10.3. The Morgan fingerprint density at radius 2 is 1.48 bits per heavy atom. The number of nitrogens with zero attached hydrogens (tertiary/aromatic N) is 2. The zero-order chi connectivity index (χ0) is 31.3. The van der Waals surface area contributed by atoms with Crippen LogP contribution in [0.15, 0.2) is 60.7 Å². The van der Waals surface area contributed by atoms with E-state index in [9.17, 15) is 4.79 Å². The van der Waals surface area contributed by atoms with Gasteiger partial charge in [-0.1, -0.05) is 59.6 Å². The topological polar surface area (TPSA) is 86.5 Å². The summed E-state index contributed by atoms with van der Waals surface area (Å²) >= 11 is 12.8. The number of benzene rings is 3. The molecule has 2 aliphatic rings. The Morgan fingerprint density at radius 3 is 2.07 bits per heavy atom. The van der Waals surface area contributed by atoms with Gasteiger partial charge in [-0.3, -0.25) is 4.79 Å². The molecule has 8 nitrogen and oxygen atoms in total. The number of amides is 1. The molecule has 2 heterocycles. The highest BCUT2D eigenvalue weighted by atomic mass is 35.5. The van der Waals surface area contributed by atoms with Crippen molar-refractivity contribution in [1.82, 2.24) is 9.80 Å². The summed E-state index contributed by atoms with van der Waals surface area (Å²) < 4.78 is 16.5. The van der Waals surface area contributed by atoms with Crippen LogP contribution in [0.2, 0.25) is 10.0 Å². The summed E-state index contributed by atoms with van der Waals surface area (Å²) in [6, 6.07) is 19.8. The first kappa shape index (κ1) is 32.4. The number of likely N-dealkylation sites (tertiary alicyclic amines) is 2. The van der Waals surface area contributed by atoms with Gasteiger partial charge in [0, 0.05) is 29.5 Å². The van der Waals surface area contributed by atoms with Gasteiger partial charge in [0.05, 0.1) is 38.0 Å². The van der Waals surface area contributed by atoms with Crippen molar-refractivity contribution >= 4 is 29.1 Å². The monoisotopic (exact) mass is 641 g/mol. The Morgan fingerprint density at radius 1 is 0.818 bits per heavy atom. The fourth-order valence-electron chi connectivity index (χ4n) is 6.89. The van der Waals surface area contributed by atoms with Crippen LogP contribution in [0.25, 0.3) is 0 Å². The van der Waals surface area contributed by atoms with E-state index in [-0.39, 0.29) is 16.7 Å². The number of carbonyl (C=O) groups is 1. The van der Waals surface area contributed by atoms with Crippen molar-refractivity contribution in [2.24, 2.45) is 5.90 Å². The number of nitrogens with two attached hydrogens (primary N) is 1. The van der Waals surface area contributed by atoms with Gasteiger partial charge in [0.25, 0.3) is 5.91 Å². The van der Waals surface area contributed by atoms with Crippen LogP contribution in [0.5, 0.6) is 17.2 Å². The number of carbonyl (C=O) groups excluding carboxylic acids is 1. The van der Waals surface area contributed by atoms with Crippen LogP contribution < -0.4 is 20.1 Å². The van der Waals surface area contributed by atoms with Gasteiger partial charge in [0.1, 0.15) is 0 Å². The molecule has 1 atom stereocenters. The van der Waals surface area contributed by atoms with Crippen molar-refractivity contribution in [3.05, 3.63) is 87.4 Å². The van der Waals surface area contributed by atoms with Gasteiger partial charge >= 0.3 is 0 Å². The highest BCUT2D eigenvalue weighted by molar-refractivity contribution is 6.42. The predicted octanol–water partition coefficient (Wildman–Crippen LogP) is 6.12. The van der Waals surface area contributed by atoms with E-state index in [0.29, 0.717) is 52.6 Å². The molecule has 236 valence electrons. The highest BCUT2D eigenvalue weighted by Crippen LogP contribution is 2.43. The van der Waals surface area contributed by atoms with E-state index in [1.54, 1.807) is 33.5 Å². The van der Waals surface area contributed by atoms with Gasteiger partial charge in [-0.2, -0.15) is 0 Å². The molecule has 0 saturated carbocycles. The number of hydrogen-bond donors (Lipinski definition) is 1. The summed E-state index contributed by atoms with van der Waals surface area (Å²) in [4.78, 5) is 23.5. The molecule has 44 heavy (non-hydrogen) atoms. The van der Waals surface area contributed by atoms with Crippen molar-refractivity contribution in [3.63, 3.8) is 0 Å². The second kappa shape index (κ2) is 14.0. The number of methoxy groups -OCH3 is 3. The minimum Gasteiger partial charge on any atom is -0.493 e. The number of rotatable bonds is 11. The average molecular weight is 643 g/mol. The summed E-state index contributed by atoms with van der Waals surface area (Å²) in [6.07, 6.45) is 3.60. The van der Waals surface area contributed by atoms with Crippen LogP contribution in [0, 0.1) is 0 Å². The van der Waals surface area contributed by atoms with E-state index >= 15 is 0 Å². The zero-order valence-electron chi connectivity index (χ0n) is 25.6. The van der Waals surface area contributed by atoms with Crippen LogP contribution in [0.4, 0.5) is 0 Å². The second-order valence-corrected chi connectivity index (χ2v) is 12.7. The third kappa shape index (κ3) is 6.51. The Labute approximate surface area is 269 Å². The molecule has 3 aromatic carbocycles. The van der Waals surface area contributed by atoms with Gasteiger partial charge in [0.15, 0.2) is 11.5 Å². The summed E-state index contributed by atoms with van der Waals surface area (Å²) in [7, 11) is 4.64. The summed E-state index contributed by atoms with van der Waals surface area (Å²) in [6.45, 7) is 4.43. The lowest BCUT2D eigenvalue weighted by atomic mass is 9.73. The molecule has 2 saturated heterocycles. The first-order valence-corrected chi connectivity index (χ1v) is 15.7. The van der Waals surface area contributed by atoms with Gasteiger partial charge < -0.3 is 28.8 Å². The van der Waals surface area contributed by atoms with Crippen LogP contribution in [0.1, 0.15) is 47.2 Å². The fourth-order valence-corrected chi connectivity index (χ4v) is 7.19. The van der Waals surface area contributed by atoms with Crippen molar-refractivity contribution in [2.75, 3.05) is 60.7 Å². The standard InChI is InChI=1S/C34H41Cl2N3O5/c1-41-29-19-24(20-30(42-2)31(29)43-3)32(40)39-18-14-33(22-39,26-9-10-27(35)28(36)21-26)11-15-38-16-12-34(13-17-38,23-44-37)25-7-5-4-6-8-25/h4-10,19-21H,11-18,22-23,37H2,1-3H3. The Bertz CT molecular complexity index is 1420. The molecule has 2 fully saturated rings. The number of piperidine rings is 1. The van der Waals surface area contributed by atoms with Crippen LogP contribution >= 0.6 is 23.2 Å². The smallest absolute Gasteiger partial charge is 0.254 e. The largest absolute Gasteiger partial charge is 0.493 e.